The molecule has 2 N–H and O–H groups in total. The fraction of sp³-hybridized carbons (Fsp3) is 0.600. The largest absolute Gasteiger partial charge is 0.402 e. The van der Waals surface area contributed by atoms with Crippen molar-refractivity contribution in [1.29, 1.82) is 0 Å². The van der Waals surface area contributed by atoms with E-state index in [4.69, 9.17) is 5.73 Å². The first kappa shape index (κ1) is 10.3. The first-order valence-corrected chi connectivity index (χ1v) is 4.27. The van der Waals surface area contributed by atoms with Gasteiger partial charge in [0.05, 0.1) is 0 Å². The van der Waals surface area contributed by atoms with E-state index >= 15 is 0 Å². The molecular formula is C10H19N. The Kier molecular flexibility index (Phi) is 5.63. The van der Waals surface area contributed by atoms with Crippen molar-refractivity contribution in [3.8, 4) is 0 Å². The average molecular weight is 153 g/mol. The standard InChI is InChI=1S/C10H19N/c1-4-6-8-9(3)10(11)7-5-2/h4H,1,5-8,11H2,2-3H3/b10-9-. The fourth-order valence-corrected chi connectivity index (χ4v) is 0.962. The second-order valence-electron chi connectivity index (χ2n) is 2.88. The number of allylic oxidation sites excluding steroid dienone is 3. The monoisotopic (exact) mass is 153 g/mol. The highest BCUT2D eigenvalue weighted by molar-refractivity contribution is 5.08. The molecule has 0 saturated carbocycles. The zero-order valence-electron chi connectivity index (χ0n) is 7.69. The van der Waals surface area contributed by atoms with E-state index in [9.17, 15) is 0 Å². The predicted molar refractivity (Wildman–Crippen MR) is 51.2 cm³/mol. The molecule has 0 amide bonds. The van der Waals surface area contributed by atoms with Gasteiger partial charge in [-0.2, -0.15) is 0 Å². The van der Waals surface area contributed by atoms with E-state index in [0.29, 0.717) is 0 Å². The summed E-state index contributed by atoms with van der Waals surface area (Å²) in [6.07, 6.45) is 6.20. The van der Waals surface area contributed by atoms with Gasteiger partial charge < -0.3 is 5.73 Å². The molecule has 0 unspecified atom stereocenters. The topological polar surface area (TPSA) is 26.0 Å². The second kappa shape index (κ2) is 6.02. The Morgan fingerprint density at radius 2 is 2.09 bits per heavy atom. The Morgan fingerprint density at radius 1 is 1.45 bits per heavy atom. The summed E-state index contributed by atoms with van der Waals surface area (Å²) in [5.74, 6) is 0. The smallest absolute Gasteiger partial charge is 0.00695 e. The van der Waals surface area contributed by atoms with Gasteiger partial charge in [-0.15, -0.1) is 6.58 Å². The maximum Gasteiger partial charge on any atom is 0.00695 e. The molecular weight excluding hydrogens is 134 g/mol. The number of hydrogen-bond acceptors (Lipinski definition) is 1. The van der Waals surface area contributed by atoms with Crippen molar-refractivity contribution in [3.63, 3.8) is 0 Å². The Labute approximate surface area is 70.0 Å². The minimum absolute atomic E-state index is 1.03. The van der Waals surface area contributed by atoms with Crippen molar-refractivity contribution in [2.24, 2.45) is 5.73 Å². The molecule has 0 aliphatic rings. The zero-order valence-corrected chi connectivity index (χ0v) is 7.69. The van der Waals surface area contributed by atoms with Crippen LogP contribution in [0, 0.1) is 0 Å². The molecule has 0 heterocycles. The summed E-state index contributed by atoms with van der Waals surface area (Å²) in [6.45, 7) is 7.93. The molecule has 0 saturated heterocycles. The van der Waals surface area contributed by atoms with Gasteiger partial charge in [-0.3, -0.25) is 0 Å². The molecule has 11 heavy (non-hydrogen) atoms. The summed E-state index contributed by atoms with van der Waals surface area (Å²) in [4.78, 5) is 0. The van der Waals surface area contributed by atoms with E-state index in [2.05, 4.69) is 20.4 Å². The van der Waals surface area contributed by atoms with Crippen LogP contribution in [0.15, 0.2) is 23.9 Å². The molecule has 1 heteroatoms. The van der Waals surface area contributed by atoms with E-state index in [0.717, 1.165) is 31.4 Å². The highest BCUT2D eigenvalue weighted by atomic mass is 14.6. The third kappa shape index (κ3) is 4.65. The van der Waals surface area contributed by atoms with Crippen LogP contribution in [0.2, 0.25) is 0 Å². The van der Waals surface area contributed by atoms with Crippen LogP contribution in [0.4, 0.5) is 0 Å². The Hall–Kier alpha value is -0.720. The van der Waals surface area contributed by atoms with Crippen molar-refractivity contribution < 1.29 is 0 Å². The van der Waals surface area contributed by atoms with Crippen molar-refractivity contribution in [2.75, 3.05) is 0 Å². The fourth-order valence-electron chi connectivity index (χ4n) is 0.962. The molecule has 0 aliphatic carbocycles. The minimum atomic E-state index is 1.03. The predicted octanol–water partition coefficient (Wildman–Crippen LogP) is 2.99. The molecule has 1 nitrogen and oxygen atoms in total. The Balaban J connectivity index is 3.82. The molecule has 0 rings (SSSR count). The van der Waals surface area contributed by atoms with Gasteiger partial charge in [-0.25, -0.2) is 0 Å². The van der Waals surface area contributed by atoms with Crippen molar-refractivity contribution in [2.45, 2.75) is 39.5 Å². The summed E-state index contributed by atoms with van der Waals surface area (Å²) in [7, 11) is 0. The zero-order chi connectivity index (χ0) is 8.69. The van der Waals surface area contributed by atoms with Crippen LogP contribution in [0.25, 0.3) is 0 Å². The van der Waals surface area contributed by atoms with Crippen LogP contribution in [0.3, 0.4) is 0 Å². The van der Waals surface area contributed by atoms with Crippen LogP contribution >= 0.6 is 0 Å². The van der Waals surface area contributed by atoms with Crippen LogP contribution in [-0.4, -0.2) is 0 Å². The van der Waals surface area contributed by atoms with Gasteiger partial charge in [0, 0.05) is 5.70 Å². The van der Waals surface area contributed by atoms with Crippen molar-refractivity contribution in [3.05, 3.63) is 23.9 Å². The molecule has 64 valence electrons. The van der Waals surface area contributed by atoms with E-state index in [1.165, 1.54) is 5.57 Å². The molecule has 0 aromatic heterocycles. The summed E-state index contributed by atoms with van der Waals surface area (Å²) >= 11 is 0. The maximum absolute atomic E-state index is 5.81. The molecule has 0 fully saturated rings. The van der Waals surface area contributed by atoms with Gasteiger partial charge in [-0.05, 0) is 26.2 Å². The van der Waals surface area contributed by atoms with Crippen molar-refractivity contribution in [1.82, 2.24) is 0 Å². The summed E-state index contributed by atoms with van der Waals surface area (Å²) in [5, 5.41) is 0. The quantitative estimate of drug-likeness (QED) is 0.604. The van der Waals surface area contributed by atoms with Crippen LogP contribution < -0.4 is 5.73 Å². The highest BCUT2D eigenvalue weighted by Gasteiger charge is 1.94. The molecule has 0 spiro atoms. The van der Waals surface area contributed by atoms with Crippen LogP contribution in [0.5, 0.6) is 0 Å². The first-order chi connectivity index (χ1) is 5.22. The number of nitrogens with two attached hydrogens (primary N) is 1. The Bertz CT molecular complexity index is 145. The summed E-state index contributed by atoms with van der Waals surface area (Å²) in [6, 6.07) is 0. The second-order valence-corrected chi connectivity index (χ2v) is 2.88. The normalized spacial score (nSPS) is 12.5. The van der Waals surface area contributed by atoms with E-state index < -0.39 is 0 Å². The SMILES string of the molecule is C=CCC/C(C)=C(\N)CCC. The molecule has 0 aromatic carbocycles. The maximum atomic E-state index is 5.81. The van der Waals surface area contributed by atoms with Gasteiger partial charge in [0.25, 0.3) is 0 Å². The lowest BCUT2D eigenvalue weighted by molar-refractivity contribution is 0.846. The minimum Gasteiger partial charge on any atom is -0.402 e. The number of rotatable bonds is 5. The third-order valence-corrected chi connectivity index (χ3v) is 1.79. The van der Waals surface area contributed by atoms with E-state index in [-0.39, 0.29) is 0 Å². The van der Waals surface area contributed by atoms with Gasteiger partial charge in [0.15, 0.2) is 0 Å². The molecule has 0 aliphatic heterocycles. The Morgan fingerprint density at radius 3 is 2.55 bits per heavy atom. The molecule has 0 bridgehead atoms. The average Bonchev–Trinajstić information content (AvgIpc) is 2.00. The highest BCUT2D eigenvalue weighted by Crippen LogP contribution is 2.10. The molecule has 0 atom stereocenters. The molecule has 0 radical (unpaired) electrons. The number of hydrogen-bond donors (Lipinski definition) is 1. The first-order valence-electron chi connectivity index (χ1n) is 4.27. The lowest BCUT2D eigenvalue weighted by Gasteiger charge is -2.04. The molecule has 0 aromatic rings. The lowest BCUT2D eigenvalue weighted by atomic mass is 10.1. The van der Waals surface area contributed by atoms with Crippen molar-refractivity contribution >= 4 is 0 Å². The lowest BCUT2D eigenvalue weighted by Crippen LogP contribution is -2.00. The summed E-state index contributed by atoms with van der Waals surface area (Å²) in [5.41, 5.74) is 8.20. The van der Waals surface area contributed by atoms with E-state index in [1.54, 1.807) is 0 Å². The van der Waals surface area contributed by atoms with Gasteiger partial charge >= 0.3 is 0 Å². The van der Waals surface area contributed by atoms with Crippen LogP contribution in [0.1, 0.15) is 39.5 Å². The van der Waals surface area contributed by atoms with Crippen LogP contribution in [-0.2, 0) is 0 Å². The van der Waals surface area contributed by atoms with Gasteiger partial charge in [0.1, 0.15) is 0 Å². The van der Waals surface area contributed by atoms with E-state index in [1.807, 2.05) is 6.08 Å². The van der Waals surface area contributed by atoms with Gasteiger partial charge in [0.2, 0.25) is 0 Å². The third-order valence-electron chi connectivity index (χ3n) is 1.79. The van der Waals surface area contributed by atoms with Gasteiger partial charge in [-0.1, -0.05) is 25.0 Å². The summed E-state index contributed by atoms with van der Waals surface area (Å²) < 4.78 is 0.